The van der Waals surface area contributed by atoms with Gasteiger partial charge in [-0.15, -0.1) is 0 Å². The second-order valence-electron chi connectivity index (χ2n) is 9.61. The first-order valence-corrected chi connectivity index (χ1v) is 13.8. The molecule has 2 aromatic carbocycles. The molecule has 2 aromatic heterocycles. The van der Waals surface area contributed by atoms with Gasteiger partial charge in [0.15, 0.2) is 5.65 Å². The van der Waals surface area contributed by atoms with Crippen LogP contribution in [0.25, 0.3) is 16.7 Å². The van der Waals surface area contributed by atoms with Crippen molar-refractivity contribution in [3.63, 3.8) is 0 Å². The SMILES string of the molecule is CCCC(C)c1nc(N2CCCN(C(=O)Nc3ccc(Cl)c(Cl)c3)CC2)c2cnn(-c3ccccc3)c2n1. The van der Waals surface area contributed by atoms with Gasteiger partial charge in [0.25, 0.3) is 0 Å². The quantitative estimate of drug-likeness (QED) is 0.286. The molecule has 198 valence electrons. The van der Waals surface area contributed by atoms with Gasteiger partial charge in [0, 0.05) is 37.8 Å². The lowest BCUT2D eigenvalue weighted by Crippen LogP contribution is -2.38. The number of amides is 2. The van der Waals surface area contributed by atoms with E-state index in [1.54, 1.807) is 18.2 Å². The predicted octanol–water partition coefficient (Wildman–Crippen LogP) is 6.77. The number of hydrogen-bond donors (Lipinski definition) is 1. The molecule has 38 heavy (non-hydrogen) atoms. The summed E-state index contributed by atoms with van der Waals surface area (Å²) in [6, 6.07) is 15.0. The third kappa shape index (κ3) is 5.56. The summed E-state index contributed by atoms with van der Waals surface area (Å²) >= 11 is 12.1. The molecular formula is C28H31Cl2N7O. The first-order valence-electron chi connectivity index (χ1n) is 13.0. The highest BCUT2D eigenvalue weighted by atomic mass is 35.5. The molecule has 1 atom stereocenters. The van der Waals surface area contributed by atoms with Crippen molar-refractivity contribution in [1.29, 1.82) is 0 Å². The molecule has 1 N–H and O–H groups in total. The summed E-state index contributed by atoms with van der Waals surface area (Å²) in [5, 5.41) is 9.40. The summed E-state index contributed by atoms with van der Waals surface area (Å²) in [5.41, 5.74) is 2.38. The predicted molar refractivity (Wildman–Crippen MR) is 154 cm³/mol. The maximum atomic E-state index is 13.0. The van der Waals surface area contributed by atoms with Crippen molar-refractivity contribution in [3.8, 4) is 5.69 Å². The van der Waals surface area contributed by atoms with Gasteiger partial charge in [-0.1, -0.05) is 61.7 Å². The number of nitrogens with one attached hydrogen (secondary N) is 1. The molecule has 0 radical (unpaired) electrons. The van der Waals surface area contributed by atoms with Gasteiger partial charge in [-0.2, -0.15) is 5.10 Å². The van der Waals surface area contributed by atoms with Crippen LogP contribution in [0.15, 0.2) is 54.7 Å². The highest BCUT2D eigenvalue weighted by Crippen LogP contribution is 2.30. The summed E-state index contributed by atoms with van der Waals surface area (Å²) in [4.78, 5) is 27.2. The molecule has 1 aliphatic heterocycles. The van der Waals surface area contributed by atoms with Gasteiger partial charge in [-0.3, -0.25) is 0 Å². The molecule has 0 aliphatic carbocycles. The number of urea groups is 1. The summed E-state index contributed by atoms with van der Waals surface area (Å²) in [6.45, 7) is 6.98. The average Bonchev–Trinajstić information content (AvgIpc) is 3.19. The number of halogens is 2. The zero-order chi connectivity index (χ0) is 26.6. The van der Waals surface area contributed by atoms with Crippen LogP contribution in [0.1, 0.15) is 44.9 Å². The van der Waals surface area contributed by atoms with E-state index in [2.05, 4.69) is 29.2 Å². The maximum Gasteiger partial charge on any atom is 0.321 e. The van der Waals surface area contributed by atoms with Crippen LogP contribution in [-0.4, -0.2) is 56.9 Å². The van der Waals surface area contributed by atoms with Crippen LogP contribution in [0.3, 0.4) is 0 Å². The van der Waals surface area contributed by atoms with Crippen LogP contribution < -0.4 is 10.2 Å². The smallest absolute Gasteiger partial charge is 0.321 e. The van der Waals surface area contributed by atoms with Crippen LogP contribution in [0, 0.1) is 0 Å². The number of anilines is 2. The first-order chi connectivity index (χ1) is 18.4. The number of nitrogens with zero attached hydrogens (tertiary/aromatic N) is 6. The molecule has 1 aliphatic rings. The third-order valence-corrected chi connectivity index (χ3v) is 7.58. The lowest BCUT2D eigenvalue weighted by molar-refractivity contribution is 0.215. The molecular weight excluding hydrogens is 521 g/mol. The van der Waals surface area contributed by atoms with E-state index < -0.39 is 0 Å². The van der Waals surface area contributed by atoms with Gasteiger partial charge in [-0.05, 0) is 43.2 Å². The average molecular weight is 553 g/mol. The highest BCUT2D eigenvalue weighted by molar-refractivity contribution is 6.42. The normalized spacial score (nSPS) is 14.9. The molecule has 4 aromatic rings. The van der Waals surface area contributed by atoms with Gasteiger partial charge in [-0.25, -0.2) is 19.4 Å². The molecule has 1 unspecified atom stereocenters. The maximum absolute atomic E-state index is 13.0. The largest absolute Gasteiger partial charge is 0.354 e. The third-order valence-electron chi connectivity index (χ3n) is 6.84. The fourth-order valence-corrected chi connectivity index (χ4v) is 5.10. The number of carbonyl (C=O) groups excluding carboxylic acids is 1. The second-order valence-corrected chi connectivity index (χ2v) is 10.4. The monoisotopic (exact) mass is 551 g/mol. The summed E-state index contributed by atoms with van der Waals surface area (Å²) in [7, 11) is 0. The summed E-state index contributed by atoms with van der Waals surface area (Å²) in [5.74, 6) is 1.93. The molecule has 5 rings (SSSR count). The number of carbonyl (C=O) groups is 1. The van der Waals surface area contributed by atoms with Crippen LogP contribution in [0.5, 0.6) is 0 Å². The Kier molecular flexibility index (Phi) is 8.00. The topological polar surface area (TPSA) is 79.2 Å². The minimum Gasteiger partial charge on any atom is -0.354 e. The number of hydrogen-bond acceptors (Lipinski definition) is 5. The van der Waals surface area contributed by atoms with Crippen molar-refractivity contribution in [2.75, 3.05) is 36.4 Å². The second kappa shape index (κ2) is 11.6. The van der Waals surface area contributed by atoms with Gasteiger partial charge in [0.05, 0.1) is 27.3 Å². The van der Waals surface area contributed by atoms with Gasteiger partial charge in [0.1, 0.15) is 11.6 Å². The highest BCUT2D eigenvalue weighted by Gasteiger charge is 2.24. The molecule has 2 amide bonds. The Morgan fingerprint density at radius 1 is 1.03 bits per heavy atom. The van der Waals surface area contributed by atoms with E-state index in [1.807, 2.05) is 46.1 Å². The lowest BCUT2D eigenvalue weighted by Gasteiger charge is -2.24. The number of para-hydroxylation sites is 1. The van der Waals surface area contributed by atoms with Gasteiger partial charge in [0.2, 0.25) is 0 Å². The van der Waals surface area contributed by atoms with Crippen molar-refractivity contribution in [2.45, 2.75) is 39.0 Å². The van der Waals surface area contributed by atoms with Crippen LogP contribution >= 0.6 is 23.2 Å². The number of benzene rings is 2. The van der Waals surface area contributed by atoms with E-state index in [1.165, 1.54) is 0 Å². The minimum absolute atomic E-state index is 0.160. The minimum atomic E-state index is -0.160. The summed E-state index contributed by atoms with van der Waals surface area (Å²) in [6.07, 6.45) is 4.73. The van der Waals surface area contributed by atoms with Crippen LogP contribution in [0.4, 0.5) is 16.3 Å². The first kappa shape index (κ1) is 26.3. The molecule has 1 saturated heterocycles. The standard InChI is InChI=1S/C28H31Cl2N7O/c1-3-8-19(2)25-33-26(22-18-31-37(27(22)34-25)21-9-5-4-6-10-21)35-13-7-14-36(16-15-35)28(38)32-20-11-12-23(29)24(30)17-20/h4-6,9-12,17-19H,3,7-8,13-16H2,1-2H3,(H,32,38). The van der Waals surface area contributed by atoms with E-state index >= 15 is 0 Å². The zero-order valence-corrected chi connectivity index (χ0v) is 23.1. The van der Waals surface area contributed by atoms with Crippen molar-refractivity contribution in [1.82, 2.24) is 24.6 Å². The van der Waals surface area contributed by atoms with E-state index in [9.17, 15) is 4.79 Å². The van der Waals surface area contributed by atoms with E-state index in [0.29, 0.717) is 35.4 Å². The molecule has 3 heterocycles. The Balaban J connectivity index is 1.41. The molecule has 0 bridgehead atoms. The van der Waals surface area contributed by atoms with E-state index in [0.717, 1.165) is 54.2 Å². The van der Waals surface area contributed by atoms with Crippen molar-refractivity contribution in [3.05, 3.63) is 70.6 Å². The van der Waals surface area contributed by atoms with Gasteiger partial charge >= 0.3 is 6.03 Å². The van der Waals surface area contributed by atoms with Crippen molar-refractivity contribution >= 4 is 51.8 Å². The lowest BCUT2D eigenvalue weighted by atomic mass is 10.1. The van der Waals surface area contributed by atoms with Crippen LogP contribution in [0.2, 0.25) is 10.0 Å². The Labute approximate surface area is 232 Å². The molecule has 0 saturated carbocycles. The molecule has 0 spiro atoms. The van der Waals surface area contributed by atoms with Gasteiger partial charge < -0.3 is 15.1 Å². The molecule has 10 heteroatoms. The van der Waals surface area contributed by atoms with Crippen molar-refractivity contribution in [2.24, 2.45) is 0 Å². The Bertz CT molecular complexity index is 1430. The fraction of sp³-hybridized carbons (Fsp3) is 0.357. The van der Waals surface area contributed by atoms with E-state index in [4.69, 9.17) is 33.2 Å². The number of aromatic nitrogens is 4. The van der Waals surface area contributed by atoms with E-state index in [-0.39, 0.29) is 11.9 Å². The number of fused-ring (bicyclic) bond motifs is 1. The molecule has 8 nitrogen and oxygen atoms in total. The number of rotatable bonds is 6. The van der Waals surface area contributed by atoms with Crippen LogP contribution in [-0.2, 0) is 0 Å². The summed E-state index contributed by atoms with van der Waals surface area (Å²) < 4.78 is 1.89. The Morgan fingerprint density at radius 3 is 2.61 bits per heavy atom. The fourth-order valence-electron chi connectivity index (χ4n) is 4.80. The van der Waals surface area contributed by atoms with Crippen molar-refractivity contribution < 1.29 is 4.79 Å². The Morgan fingerprint density at radius 2 is 1.84 bits per heavy atom. The zero-order valence-electron chi connectivity index (χ0n) is 21.6. The Hall–Kier alpha value is -3.36. The molecule has 1 fully saturated rings.